The van der Waals surface area contributed by atoms with Crippen molar-refractivity contribution >= 4 is 18.3 Å². The van der Waals surface area contributed by atoms with Gasteiger partial charge in [0.05, 0.1) is 52.9 Å². The Bertz CT molecular complexity index is 1070. The highest BCUT2D eigenvalue weighted by Crippen LogP contribution is 2.06. The molecule has 0 spiro atoms. The van der Waals surface area contributed by atoms with Gasteiger partial charge in [-0.2, -0.15) is 0 Å². The first kappa shape index (κ1) is 41.1. The summed E-state index contributed by atoms with van der Waals surface area (Å²) in [5, 5.41) is 7.81. The smallest absolute Gasteiger partial charge is 0.407 e. The summed E-state index contributed by atoms with van der Waals surface area (Å²) in [5.41, 5.74) is 6.64. The van der Waals surface area contributed by atoms with Crippen LogP contribution in [0.25, 0.3) is 0 Å². The molecular weight excluding hydrogens is 612 g/mol. The standard InChI is InChI=1S/C19H30N2O6.C14H22N2O4/c1-19(2,3)27-18(23)21-10-12-25-14-13-24-11-9-20-17(22)26-15-16-7-5-4-6-8-16;15-6-8-18-10-11-19-9-7-16-14(17)20-12-13-4-2-1-3-5-13/h4-8H,9-15H2,1-3H3,(H,20,22)(H,21,23);1-5H,6-12,15H2,(H,16,17). The van der Waals surface area contributed by atoms with Gasteiger partial charge < -0.3 is 54.8 Å². The van der Waals surface area contributed by atoms with E-state index in [1.54, 1.807) is 20.8 Å². The topological polar surface area (TPSA) is 178 Å². The van der Waals surface area contributed by atoms with E-state index in [1.165, 1.54) is 0 Å². The fraction of sp³-hybridized carbons (Fsp3) is 0.545. The Morgan fingerprint density at radius 3 is 1.28 bits per heavy atom. The van der Waals surface area contributed by atoms with Gasteiger partial charge in [0.25, 0.3) is 0 Å². The Balaban J connectivity index is 0.000000491. The molecule has 47 heavy (non-hydrogen) atoms. The van der Waals surface area contributed by atoms with Crippen LogP contribution in [0.3, 0.4) is 0 Å². The second-order valence-electron chi connectivity index (χ2n) is 10.6. The first-order valence-corrected chi connectivity index (χ1v) is 15.6. The summed E-state index contributed by atoms with van der Waals surface area (Å²) in [7, 11) is 0. The molecule has 3 amide bonds. The maximum atomic E-state index is 11.5. The number of ether oxygens (including phenoxy) is 7. The maximum Gasteiger partial charge on any atom is 0.407 e. The average molecular weight is 665 g/mol. The fourth-order valence-corrected chi connectivity index (χ4v) is 3.27. The van der Waals surface area contributed by atoms with Gasteiger partial charge in [0.15, 0.2) is 0 Å². The van der Waals surface area contributed by atoms with Gasteiger partial charge in [0.1, 0.15) is 18.8 Å². The number of carbonyl (C=O) groups excluding carboxylic acids is 3. The van der Waals surface area contributed by atoms with Crippen molar-refractivity contribution < 1.29 is 47.5 Å². The predicted octanol–water partition coefficient (Wildman–Crippen LogP) is 3.38. The summed E-state index contributed by atoms with van der Waals surface area (Å²) in [6.07, 6.45) is -1.39. The summed E-state index contributed by atoms with van der Waals surface area (Å²) >= 11 is 0. The molecule has 0 aliphatic heterocycles. The number of nitrogens with two attached hydrogens (primary N) is 1. The molecule has 14 heteroatoms. The van der Waals surface area contributed by atoms with Gasteiger partial charge in [0.2, 0.25) is 0 Å². The second-order valence-corrected chi connectivity index (χ2v) is 10.6. The summed E-state index contributed by atoms with van der Waals surface area (Å²) in [4.78, 5) is 34.3. The van der Waals surface area contributed by atoms with Crippen LogP contribution in [0, 0.1) is 0 Å². The van der Waals surface area contributed by atoms with Crippen molar-refractivity contribution in [2.45, 2.75) is 39.6 Å². The Labute approximate surface area is 277 Å². The zero-order valence-corrected chi connectivity index (χ0v) is 27.8. The quantitative estimate of drug-likeness (QED) is 0.114. The molecule has 264 valence electrons. The van der Waals surface area contributed by atoms with Crippen LogP contribution in [-0.2, 0) is 46.4 Å². The monoisotopic (exact) mass is 664 g/mol. The van der Waals surface area contributed by atoms with Crippen LogP contribution in [0.1, 0.15) is 31.9 Å². The summed E-state index contributed by atoms with van der Waals surface area (Å²) in [6, 6.07) is 19.0. The van der Waals surface area contributed by atoms with E-state index >= 15 is 0 Å². The molecule has 2 rings (SSSR count). The van der Waals surface area contributed by atoms with Gasteiger partial charge in [-0.05, 0) is 31.9 Å². The van der Waals surface area contributed by atoms with Gasteiger partial charge in [-0.1, -0.05) is 60.7 Å². The van der Waals surface area contributed by atoms with Crippen LogP contribution < -0.4 is 21.7 Å². The molecule has 0 aliphatic carbocycles. The van der Waals surface area contributed by atoms with Crippen molar-refractivity contribution in [3.8, 4) is 0 Å². The van der Waals surface area contributed by atoms with Crippen LogP contribution in [0.15, 0.2) is 60.7 Å². The molecular formula is C33H52N4O10. The molecule has 2 aromatic rings. The van der Waals surface area contributed by atoms with Crippen molar-refractivity contribution in [3.05, 3.63) is 71.8 Å². The van der Waals surface area contributed by atoms with Crippen LogP contribution >= 0.6 is 0 Å². The number of amides is 3. The molecule has 14 nitrogen and oxygen atoms in total. The van der Waals surface area contributed by atoms with E-state index in [1.807, 2.05) is 60.7 Å². The van der Waals surface area contributed by atoms with Crippen molar-refractivity contribution in [1.29, 1.82) is 0 Å². The van der Waals surface area contributed by atoms with E-state index in [-0.39, 0.29) is 13.2 Å². The van der Waals surface area contributed by atoms with Crippen molar-refractivity contribution in [2.24, 2.45) is 5.73 Å². The maximum absolute atomic E-state index is 11.5. The number of carbonyl (C=O) groups is 3. The average Bonchev–Trinajstić information content (AvgIpc) is 3.05. The lowest BCUT2D eigenvalue weighted by atomic mass is 10.2. The van der Waals surface area contributed by atoms with E-state index in [2.05, 4.69) is 16.0 Å². The minimum absolute atomic E-state index is 0.235. The van der Waals surface area contributed by atoms with Gasteiger partial charge >= 0.3 is 18.3 Å². The lowest BCUT2D eigenvalue weighted by molar-refractivity contribution is 0.0399. The Kier molecular flexibility index (Phi) is 23.8. The molecule has 0 unspecified atom stereocenters. The first-order chi connectivity index (χ1) is 22.7. The Morgan fingerprint density at radius 2 is 0.915 bits per heavy atom. The number of rotatable bonds is 21. The Morgan fingerprint density at radius 1 is 0.553 bits per heavy atom. The molecule has 2 aromatic carbocycles. The highest BCUT2D eigenvalue weighted by molar-refractivity contribution is 5.68. The van der Waals surface area contributed by atoms with Crippen molar-refractivity contribution in [2.75, 3.05) is 79.0 Å². The molecule has 0 bridgehead atoms. The van der Waals surface area contributed by atoms with Crippen LogP contribution in [0.2, 0.25) is 0 Å². The summed E-state index contributed by atoms with van der Waals surface area (Å²) in [5.74, 6) is 0. The fourth-order valence-electron chi connectivity index (χ4n) is 3.27. The van der Waals surface area contributed by atoms with Crippen LogP contribution in [-0.4, -0.2) is 103 Å². The number of alkyl carbamates (subject to hydrolysis) is 3. The van der Waals surface area contributed by atoms with Gasteiger partial charge in [-0.15, -0.1) is 0 Å². The SMILES string of the molecule is CC(C)(C)OC(=O)NCCOCCOCCNC(=O)OCc1ccccc1.NCCOCCOCCNC(=O)OCc1ccccc1. The third-order valence-corrected chi connectivity index (χ3v) is 5.38. The number of nitrogens with one attached hydrogen (secondary N) is 3. The molecule has 0 heterocycles. The molecule has 0 atom stereocenters. The summed E-state index contributed by atoms with van der Waals surface area (Å²) in [6.45, 7) is 11.0. The molecule has 0 aliphatic rings. The highest BCUT2D eigenvalue weighted by atomic mass is 16.6. The number of hydrogen-bond acceptors (Lipinski definition) is 11. The predicted molar refractivity (Wildman–Crippen MR) is 176 cm³/mol. The third kappa shape index (κ3) is 26.9. The van der Waals surface area contributed by atoms with E-state index in [0.717, 1.165) is 11.1 Å². The van der Waals surface area contributed by atoms with Crippen molar-refractivity contribution in [1.82, 2.24) is 16.0 Å². The van der Waals surface area contributed by atoms with Gasteiger partial charge in [-0.25, -0.2) is 14.4 Å². The van der Waals surface area contributed by atoms with E-state index in [0.29, 0.717) is 79.0 Å². The molecule has 0 fully saturated rings. The number of benzene rings is 2. The van der Waals surface area contributed by atoms with Crippen LogP contribution in [0.5, 0.6) is 0 Å². The minimum Gasteiger partial charge on any atom is -0.445 e. The van der Waals surface area contributed by atoms with E-state index in [9.17, 15) is 14.4 Å². The molecule has 0 radical (unpaired) electrons. The third-order valence-electron chi connectivity index (χ3n) is 5.38. The van der Waals surface area contributed by atoms with Crippen molar-refractivity contribution in [3.63, 3.8) is 0 Å². The molecule has 5 N–H and O–H groups in total. The van der Waals surface area contributed by atoms with E-state index in [4.69, 9.17) is 38.9 Å². The second kappa shape index (κ2) is 27.2. The first-order valence-electron chi connectivity index (χ1n) is 15.6. The molecule has 0 saturated carbocycles. The molecule has 0 saturated heterocycles. The summed E-state index contributed by atoms with van der Waals surface area (Å²) < 4.78 is 36.3. The van der Waals surface area contributed by atoms with Crippen LogP contribution in [0.4, 0.5) is 14.4 Å². The lowest BCUT2D eigenvalue weighted by Crippen LogP contribution is -2.34. The zero-order valence-electron chi connectivity index (χ0n) is 27.8. The number of hydrogen-bond donors (Lipinski definition) is 4. The minimum atomic E-state index is -0.513. The zero-order chi connectivity index (χ0) is 34.4. The van der Waals surface area contributed by atoms with Gasteiger partial charge in [-0.3, -0.25) is 0 Å². The lowest BCUT2D eigenvalue weighted by Gasteiger charge is -2.19. The highest BCUT2D eigenvalue weighted by Gasteiger charge is 2.15. The normalized spacial score (nSPS) is 10.6. The molecule has 0 aromatic heterocycles. The van der Waals surface area contributed by atoms with E-state index < -0.39 is 23.9 Å². The largest absolute Gasteiger partial charge is 0.445 e. The Hall–Kier alpha value is -3.95. The van der Waals surface area contributed by atoms with Gasteiger partial charge in [0, 0.05) is 26.2 Å².